The standard InChI is InChI=1S/C18H20N2O6/c1-20(15-6-7-16(23)19-17(15)24)18(25)14-10-13(5-4-12(14)11-22)26-9-3-2-8-21/h4-5,8,10-11,15H,2-3,6-7,9H2,1H3,(H,19,23,24). The number of carbonyl (C=O) groups excluding carboxylic acids is 5. The first-order chi connectivity index (χ1) is 12.5. The van der Waals surface area contributed by atoms with Crippen LogP contribution in [0.4, 0.5) is 0 Å². The van der Waals surface area contributed by atoms with Gasteiger partial charge in [0, 0.05) is 25.5 Å². The van der Waals surface area contributed by atoms with Gasteiger partial charge in [0.1, 0.15) is 18.1 Å². The molecule has 1 N–H and O–H groups in total. The Labute approximate surface area is 150 Å². The molecule has 0 saturated carbocycles. The molecule has 138 valence electrons. The molecule has 2 rings (SSSR count). The Morgan fingerprint density at radius 2 is 2.12 bits per heavy atom. The molecule has 1 atom stereocenters. The predicted molar refractivity (Wildman–Crippen MR) is 90.9 cm³/mol. The molecule has 1 aliphatic rings. The number of rotatable bonds is 8. The molecule has 0 aromatic heterocycles. The van der Waals surface area contributed by atoms with Crippen LogP contribution in [-0.2, 0) is 14.4 Å². The fourth-order valence-corrected chi connectivity index (χ4v) is 2.65. The molecule has 3 amide bonds. The van der Waals surface area contributed by atoms with Crippen molar-refractivity contribution in [1.82, 2.24) is 10.2 Å². The van der Waals surface area contributed by atoms with Crippen LogP contribution in [0.2, 0.25) is 0 Å². The van der Waals surface area contributed by atoms with Gasteiger partial charge in [0.15, 0.2) is 6.29 Å². The van der Waals surface area contributed by atoms with E-state index in [-0.39, 0.29) is 29.9 Å². The van der Waals surface area contributed by atoms with Gasteiger partial charge in [0.25, 0.3) is 5.91 Å². The maximum absolute atomic E-state index is 12.8. The largest absolute Gasteiger partial charge is 0.494 e. The molecule has 1 fully saturated rings. The smallest absolute Gasteiger partial charge is 0.255 e. The van der Waals surface area contributed by atoms with Gasteiger partial charge in [-0.05, 0) is 31.0 Å². The van der Waals surface area contributed by atoms with Gasteiger partial charge in [0.05, 0.1) is 12.2 Å². The van der Waals surface area contributed by atoms with Gasteiger partial charge in [-0.15, -0.1) is 0 Å². The number of unbranched alkanes of at least 4 members (excludes halogenated alkanes) is 1. The lowest BCUT2D eigenvalue weighted by Gasteiger charge is -2.30. The quantitative estimate of drug-likeness (QED) is 0.416. The number of amides is 3. The van der Waals surface area contributed by atoms with Gasteiger partial charge in [-0.3, -0.25) is 24.5 Å². The summed E-state index contributed by atoms with van der Waals surface area (Å²) in [4.78, 5) is 58.8. The van der Waals surface area contributed by atoms with Crippen molar-refractivity contribution in [3.63, 3.8) is 0 Å². The average Bonchev–Trinajstić information content (AvgIpc) is 2.64. The lowest BCUT2D eigenvalue weighted by Crippen LogP contribution is -2.53. The van der Waals surface area contributed by atoms with Crippen molar-refractivity contribution in [3.05, 3.63) is 29.3 Å². The summed E-state index contributed by atoms with van der Waals surface area (Å²) in [6.45, 7) is 0.301. The summed E-state index contributed by atoms with van der Waals surface area (Å²) < 4.78 is 5.49. The monoisotopic (exact) mass is 360 g/mol. The fourth-order valence-electron chi connectivity index (χ4n) is 2.65. The molecular weight excluding hydrogens is 340 g/mol. The SMILES string of the molecule is CN(C(=O)c1cc(OCCCC=O)ccc1C=O)C1CCC(=O)NC1=O. The van der Waals surface area contributed by atoms with Crippen molar-refractivity contribution in [2.45, 2.75) is 31.7 Å². The van der Waals surface area contributed by atoms with E-state index in [1.165, 1.54) is 24.1 Å². The van der Waals surface area contributed by atoms with Crippen LogP contribution >= 0.6 is 0 Å². The number of benzene rings is 1. The maximum Gasteiger partial charge on any atom is 0.255 e. The number of hydrogen-bond acceptors (Lipinski definition) is 6. The highest BCUT2D eigenvalue weighted by Crippen LogP contribution is 2.21. The topological polar surface area (TPSA) is 110 Å². The summed E-state index contributed by atoms with van der Waals surface area (Å²) in [5.41, 5.74) is 0.287. The summed E-state index contributed by atoms with van der Waals surface area (Å²) in [6, 6.07) is 3.69. The van der Waals surface area contributed by atoms with Crippen molar-refractivity contribution < 1.29 is 28.7 Å². The van der Waals surface area contributed by atoms with Gasteiger partial charge in [0.2, 0.25) is 11.8 Å². The Morgan fingerprint density at radius 3 is 2.77 bits per heavy atom. The first-order valence-corrected chi connectivity index (χ1v) is 8.24. The number of carbonyl (C=O) groups is 5. The van der Waals surface area contributed by atoms with E-state index in [9.17, 15) is 24.0 Å². The molecule has 1 aromatic carbocycles. The van der Waals surface area contributed by atoms with Crippen molar-refractivity contribution >= 4 is 30.3 Å². The second kappa shape index (κ2) is 8.89. The van der Waals surface area contributed by atoms with E-state index in [2.05, 4.69) is 5.32 Å². The molecule has 0 radical (unpaired) electrons. The van der Waals surface area contributed by atoms with Crippen molar-refractivity contribution in [2.75, 3.05) is 13.7 Å². The first kappa shape index (κ1) is 19.3. The number of aldehydes is 2. The zero-order valence-electron chi connectivity index (χ0n) is 14.4. The number of likely N-dealkylation sites (N-methyl/N-ethyl adjacent to an activating group) is 1. The van der Waals surface area contributed by atoms with E-state index < -0.39 is 17.9 Å². The van der Waals surface area contributed by atoms with Crippen LogP contribution in [0.1, 0.15) is 46.4 Å². The third-order valence-electron chi connectivity index (χ3n) is 4.12. The molecule has 26 heavy (non-hydrogen) atoms. The Morgan fingerprint density at radius 1 is 1.35 bits per heavy atom. The van der Waals surface area contributed by atoms with Crippen molar-refractivity contribution in [3.8, 4) is 5.75 Å². The lowest BCUT2D eigenvalue weighted by atomic mass is 10.0. The number of piperidine rings is 1. The zero-order valence-corrected chi connectivity index (χ0v) is 14.4. The molecule has 1 aromatic rings. The third kappa shape index (κ3) is 4.53. The highest BCUT2D eigenvalue weighted by molar-refractivity contribution is 6.06. The number of ether oxygens (including phenoxy) is 1. The van der Waals surface area contributed by atoms with Crippen molar-refractivity contribution in [1.29, 1.82) is 0 Å². The van der Waals surface area contributed by atoms with Crippen molar-refractivity contribution in [2.24, 2.45) is 0 Å². The summed E-state index contributed by atoms with van der Waals surface area (Å²) >= 11 is 0. The van der Waals surface area contributed by atoms with Crippen LogP contribution in [0, 0.1) is 0 Å². The Balaban J connectivity index is 2.17. The Hall–Kier alpha value is -3.03. The van der Waals surface area contributed by atoms with E-state index >= 15 is 0 Å². The van der Waals surface area contributed by atoms with E-state index in [0.29, 0.717) is 31.5 Å². The zero-order chi connectivity index (χ0) is 19.1. The van der Waals surface area contributed by atoms with Crippen LogP contribution < -0.4 is 10.1 Å². The van der Waals surface area contributed by atoms with Crippen LogP contribution in [0.15, 0.2) is 18.2 Å². The highest BCUT2D eigenvalue weighted by Gasteiger charge is 2.33. The van der Waals surface area contributed by atoms with Gasteiger partial charge in [-0.25, -0.2) is 0 Å². The number of imide groups is 1. The van der Waals surface area contributed by atoms with Crippen LogP contribution in [-0.4, -0.2) is 54.9 Å². The molecule has 0 spiro atoms. The summed E-state index contributed by atoms with van der Waals surface area (Å²) in [6.07, 6.45) is 2.64. The van der Waals surface area contributed by atoms with Gasteiger partial charge >= 0.3 is 0 Å². The molecule has 1 unspecified atom stereocenters. The second-order valence-electron chi connectivity index (χ2n) is 5.91. The summed E-state index contributed by atoms with van der Waals surface area (Å²) in [7, 11) is 1.45. The average molecular weight is 360 g/mol. The van der Waals surface area contributed by atoms with Gasteiger partial charge in [-0.1, -0.05) is 0 Å². The predicted octanol–water partition coefficient (Wildman–Crippen LogP) is 0.734. The maximum atomic E-state index is 12.8. The molecule has 8 nitrogen and oxygen atoms in total. The van der Waals surface area contributed by atoms with E-state index in [0.717, 1.165) is 6.29 Å². The molecule has 1 aliphatic heterocycles. The van der Waals surface area contributed by atoms with Crippen LogP contribution in [0.5, 0.6) is 5.75 Å². The second-order valence-corrected chi connectivity index (χ2v) is 5.91. The third-order valence-corrected chi connectivity index (χ3v) is 4.12. The molecule has 8 heteroatoms. The Bertz CT molecular complexity index is 730. The number of nitrogens with one attached hydrogen (secondary N) is 1. The Kier molecular flexibility index (Phi) is 6.60. The molecule has 0 bridgehead atoms. The minimum atomic E-state index is -0.781. The normalized spacial score (nSPS) is 16.6. The van der Waals surface area contributed by atoms with Gasteiger partial charge in [-0.2, -0.15) is 0 Å². The number of nitrogens with zero attached hydrogens (tertiary/aromatic N) is 1. The molecule has 1 saturated heterocycles. The van der Waals surface area contributed by atoms with Crippen LogP contribution in [0.3, 0.4) is 0 Å². The molecule has 1 heterocycles. The fraction of sp³-hybridized carbons (Fsp3) is 0.389. The molecule has 0 aliphatic carbocycles. The van der Waals surface area contributed by atoms with E-state index in [1.54, 1.807) is 6.07 Å². The highest BCUT2D eigenvalue weighted by atomic mass is 16.5. The molecular formula is C18H20N2O6. The minimum Gasteiger partial charge on any atom is -0.494 e. The lowest BCUT2D eigenvalue weighted by molar-refractivity contribution is -0.136. The number of hydrogen-bond donors (Lipinski definition) is 1. The summed E-state index contributed by atoms with van der Waals surface area (Å²) in [5.74, 6) is -1.03. The minimum absolute atomic E-state index is 0.111. The van der Waals surface area contributed by atoms with Crippen LogP contribution in [0.25, 0.3) is 0 Å². The van der Waals surface area contributed by atoms with Gasteiger partial charge < -0.3 is 14.4 Å². The first-order valence-electron chi connectivity index (χ1n) is 8.24. The van der Waals surface area contributed by atoms with E-state index in [4.69, 9.17) is 4.74 Å². The van der Waals surface area contributed by atoms with E-state index in [1.807, 2.05) is 0 Å². The summed E-state index contributed by atoms with van der Waals surface area (Å²) in [5, 5.41) is 2.20.